The molecule has 0 aliphatic heterocycles. The van der Waals surface area contributed by atoms with E-state index < -0.39 is 0 Å². The van der Waals surface area contributed by atoms with E-state index in [1.165, 1.54) is 10.8 Å². The van der Waals surface area contributed by atoms with Gasteiger partial charge in [-0.25, -0.2) is 0 Å². The first kappa shape index (κ1) is 23.9. The Balaban J connectivity index is 1.12. The zero-order valence-corrected chi connectivity index (χ0v) is 23.2. The first-order valence-corrected chi connectivity index (χ1v) is 14.5. The van der Waals surface area contributed by atoms with Gasteiger partial charge in [0.1, 0.15) is 22.3 Å². The topological polar surface area (TPSA) is 29.5 Å². The number of rotatable bonds is 4. The van der Waals surface area contributed by atoms with Crippen LogP contribution in [0.2, 0.25) is 0 Å². The van der Waals surface area contributed by atoms with Gasteiger partial charge in [-0.1, -0.05) is 78.9 Å². The van der Waals surface area contributed by atoms with Crippen LogP contribution in [0.5, 0.6) is 0 Å². The van der Waals surface area contributed by atoms with Crippen molar-refractivity contribution in [3.63, 3.8) is 0 Å². The van der Waals surface area contributed by atoms with Crippen molar-refractivity contribution in [2.45, 2.75) is 0 Å². The van der Waals surface area contributed by atoms with Crippen LogP contribution in [0.15, 0.2) is 160 Å². The zero-order chi connectivity index (χ0) is 28.3. The van der Waals surface area contributed by atoms with Gasteiger partial charge in [-0.05, 0) is 94.7 Å². The molecule has 0 amide bonds. The van der Waals surface area contributed by atoms with Crippen LogP contribution in [0.1, 0.15) is 0 Å². The Morgan fingerprint density at radius 3 is 1.77 bits per heavy atom. The quantitative estimate of drug-likeness (QED) is 0.218. The van der Waals surface area contributed by atoms with Gasteiger partial charge in [0, 0.05) is 38.6 Å². The molecule has 0 atom stereocenters. The number of benzene rings is 7. The van der Waals surface area contributed by atoms with Crippen LogP contribution in [-0.4, -0.2) is 0 Å². The van der Waals surface area contributed by atoms with E-state index in [9.17, 15) is 0 Å². The number of para-hydroxylation sites is 2. The van der Waals surface area contributed by atoms with Crippen molar-refractivity contribution in [1.82, 2.24) is 0 Å². The number of anilines is 3. The van der Waals surface area contributed by atoms with Gasteiger partial charge in [0.2, 0.25) is 0 Å². The van der Waals surface area contributed by atoms with E-state index in [2.05, 4.69) is 138 Å². The summed E-state index contributed by atoms with van der Waals surface area (Å²) in [7, 11) is 0. The predicted molar refractivity (Wildman–Crippen MR) is 179 cm³/mol. The Morgan fingerprint density at radius 2 is 0.907 bits per heavy atom. The minimum atomic E-state index is 0.891. The summed E-state index contributed by atoms with van der Waals surface area (Å²) in [5.41, 5.74) is 9.13. The lowest BCUT2D eigenvalue weighted by Gasteiger charge is -2.25. The van der Waals surface area contributed by atoms with Gasteiger partial charge in [-0.2, -0.15) is 0 Å². The number of fused-ring (bicyclic) bond motifs is 7. The molecule has 0 aliphatic carbocycles. The van der Waals surface area contributed by atoms with Crippen molar-refractivity contribution in [3.05, 3.63) is 152 Å². The lowest BCUT2D eigenvalue weighted by molar-refractivity contribution is 0.669. The number of hydrogen-bond acceptors (Lipinski definition) is 3. The number of furan rings is 2. The normalized spacial score (nSPS) is 11.7. The Bertz CT molecular complexity index is 2450. The van der Waals surface area contributed by atoms with Gasteiger partial charge in [0.25, 0.3) is 0 Å². The highest BCUT2D eigenvalue weighted by molar-refractivity contribution is 6.11. The van der Waals surface area contributed by atoms with Gasteiger partial charge in [0.05, 0.1) is 0 Å². The molecule has 3 nitrogen and oxygen atoms in total. The summed E-state index contributed by atoms with van der Waals surface area (Å²) in [5, 5.41) is 6.93. The van der Waals surface area contributed by atoms with E-state index in [4.69, 9.17) is 8.83 Å². The average Bonchev–Trinajstić information content (AvgIpc) is 3.61. The molecule has 0 saturated heterocycles. The Kier molecular flexibility index (Phi) is 5.20. The molecule has 0 unspecified atom stereocenters. The van der Waals surface area contributed by atoms with Gasteiger partial charge < -0.3 is 13.7 Å². The van der Waals surface area contributed by atoms with Crippen LogP contribution in [0, 0.1) is 0 Å². The fourth-order valence-electron chi connectivity index (χ4n) is 6.32. The second-order valence-corrected chi connectivity index (χ2v) is 11.0. The average molecular weight is 552 g/mol. The zero-order valence-electron chi connectivity index (χ0n) is 23.2. The smallest absolute Gasteiger partial charge is 0.136 e. The van der Waals surface area contributed by atoms with Gasteiger partial charge in [-0.15, -0.1) is 0 Å². The third-order valence-corrected chi connectivity index (χ3v) is 8.43. The minimum Gasteiger partial charge on any atom is -0.456 e. The fourth-order valence-corrected chi connectivity index (χ4v) is 6.32. The molecule has 0 aliphatic rings. The van der Waals surface area contributed by atoms with Crippen LogP contribution < -0.4 is 4.90 Å². The lowest BCUT2D eigenvalue weighted by Crippen LogP contribution is -2.09. The molecule has 2 heterocycles. The van der Waals surface area contributed by atoms with Crippen LogP contribution >= 0.6 is 0 Å². The maximum absolute atomic E-state index is 6.34. The largest absolute Gasteiger partial charge is 0.456 e. The lowest BCUT2D eigenvalue weighted by atomic mass is 10.0. The summed E-state index contributed by atoms with van der Waals surface area (Å²) >= 11 is 0. The Hall–Kier alpha value is -5.80. The maximum Gasteiger partial charge on any atom is 0.136 e. The molecule has 2 aromatic heterocycles. The summed E-state index contributed by atoms with van der Waals surface area (Å²) in [6, 6.07) is 53.2. The van der Waals surface area contributed by atoms with Crippen molar-refractivity contribution < 1.29 is 8.83 Å². The molecule has 0 N–H and O–H groups in total. The van der Waals surface area contributed by atoms with Crippen LogP contribution in [-0.2, 0) is 0 Å². The van der Waals surface area contributed by atoms with E-state index in [1.807, 2.05) is 18.2 Å². The molecular weight excluding hydrogens is 526 g/mol. The SMILES string of the molecule is c1ccc(N(c2ccc(-c3ccc4c(c3)oc3cc5ccccc5cc34)cc2)c2ccc3oc4ccccc4c3c2)cc1. The van der Waals surface area contributed by atoms with Crippen molar-refractivity contribution in [1.29, 1.82) is 0 Å². The highest BCUT2D eigenvalue weighted by Crippen LogP contribution is 2.40. The van der Waals surface area contributed by atoms with E-state index in [-0.39, 0.29) is 0 Å². The molecular formula is C40H25NO2. The molecule has 0 fully saturated rings. The first-order valence-electron chi connectivity index (χ1n) is 14.5. The molecule has 9 rings (SSSR count). The summed E-state index contributed by atoms with van der Waals surface area (Å²) in [6.07, 6.45) is 0. The van der Waals surface area contributed by atoms with Gasteiger partial charge >= 0.3 is 0 Å². The summed E-state index contributed by atoms with van der Waals surface area (Å²) in [4.78, 5) is 2.29. The van der Waals surface area contributed by atoms with Crippen LogP contribution in [0.3, 0.4) is 0 Å². The molecule has 43 heavy (non-hydrogen) atoms. The molecule has 0 saturated carbocycles. The minimum absolute atomic E-state index is 0.891. The first-order chi connectivity index (χ1) is 21.3. The van der Waals surface area contributed by atoms with Crippen molar-refractivity contribution in [3.8, 4) is 11.1 Å². The standard InChI is InChI=1S/C40H25NO2/c1-2-10-30(11-3-1)41(32-19-21-38-36(25-32)33-12-6-7-13-37(33)42-38)31-17-14-26(15-18-31)29-16-20-34-35-22-27-8-4-5-9-28(27)23-40(35)43-39(34)24-29/h1-25H. The van der Waals surface area contributed by atoms with E-state index in [0.717, 1.165) is 72.1 Å². The Morgan fingerprint density at radius 1 is 0.326 bits per heavy atom. The van der Waals surface area contributed by atoms with E-state index >= 15 is 0 Å². The van der Waals surface area contributed by atoms with Crippen molar-refractivity contribution >= 4 is 71.7 Å². The summed E-state index contributed by atoms with van der Waals surface area (Å²) < 4.78 is 12.5. The number of nitrogens with zero attached hydrogens (tertiary/aromatic N) is 1. The van der Waals surface area contributed by atoms with Crippen LogP contribution in [0.4, 0.5) is 17.1 Å². The highest BCUT2D eigenvalue weighted by atomic mass is 16.3. The third kappa shape index (κ3) is 3.90. The Labute approximate surface area is 247 Å². The molecule has 9 aromatic rings. The van der Waals surface area contributed by atoms with E-state index in [1.54, 1.807) is 0 Å². The van der Waals surface area contributed by atoms with Gasteiger partial charge in [-0.3, -0.25) is 0 Å². The summed E-state index contributed by atoms with van der Waals surface area (Å²) in [6.45, 7) is 0. The van der Waals surface area contributed by atoms with Crippen LogP contribution in [0.25, 0.3) is 65.8 Å². The molecule has 0 bridgehead atoms. The number of hydrogen-bond donors (Lipinski definition) is 0. The van der Waals surface area contributed by atoms with Crippen molar-refractivity contribution in [2.75, 3.05) is 4.90 Å². The molecule has 7 aromatic carbocycles. The molecule has 0 radical (unpaired) electrons. The second kappa shape index (κ2) is 9.37. The fraction of sp³-hybridized carbons (Fsp3) is 0. The molecule has 0 spiro atoms. The van der Waals surface area contributed by atoms with Gasteiger partial charge in [0.15, 0.2) is 0 Å². The van der Waals surface area contributed by atoms with Crippen molar-refractivity contribution in [2.24, 2.45) is 0 Å². The second-order valence-electron chi connectivity index (χ2n) is 11.0. The third-order valence-electron chi connectivity index (χ3n) is 8.43. The molecule has 202 valence electrons. The maximum atomic E-state index is 6.34. The highest BCUT2D eigenvalue weighted by Gasteiger charge is 2.16. The van der Waals surface area contributed by atoms with E-state index in [0.29, 0.717) is 0 Å². The molecule has 3 heteroatoms. The summed E-state index contributed by atoms with van der Waals surface area (Å²) in [5.74, 6) is 0. The predicted octanol–water partition coefficient (Wildman–Crippen LogP) is 11.8. The monoisotopic (exact) mass is 551 g/mol.